The number of fused-ring (bicyclic) bond motifs is 1. The quantitative estimate of drug-likeness (QED) is 0.449. The van der Waals surface area contributed by atoms with E-state index in [4.69, 9.17) is 14.5 Å². The Bertz CT molecular complexity index is 1280. The minimum absolute atomic E-state index is 0.260. The molecule has 4 heterocycles. The summed E-state index contributed by atoms with van der Waals surface area (Å²) < 4.78 is 12.0. The second-order valence-electron chi connectivity index (χ2n) is 7.29. The molecule has 0 aliphatic carbocycles. The zero-order chi connectivity index (χ0) is 22.1. The molecule has 4 aromatic rings. The van der Waals surface area contributed by atoms with Gasteiger partial charge >= 0.3 is 5.97 Å². The number of aryl methyl sites for hydroxylation is 1. The Kier molecular flexibility index (Phi) is 5.20. The van der Waals surface area contributed by atoms with E-state index in [9.17, 15) is 4.79 Å². The van der Waals surface area contributed by atoms with Crippen molar-refractivity contribution in [3.63, 3.8) is 0 Å². The first kappa shape index (κ1) is 20.0. The highest BCUT2D eigenvalue weighted by molar-refractivity contribution is 5.96. The molecular formula is C22H21N7O3. The maximum absolute atomic E-state index is 12.6. The van der Waals surface area contributed by atoms with Crippen LogP contribution in [0.25, 0.3) is 28.4 Å². The summed E-state index contributed by atoms with van der Waals surface area (Å²) in [5.74, 6) is 0.971. The van der Waals surface area contributed by atoms with E-state index in [0.717, 1.165) is 18.7 Å². The molecule has 3 aromatic heterocycles. The molecule has 0 radical (unpaired) electrons. The highest BCUT2D eigenvalue weighted by Crippen LogP contribution is 2.28. The summed E-state index contributed by atoms with van der Waals surface area (Å²) in [5, 5.41) is 4.64. The maximum atomic E-state index is 12.6. The van der Waals surface area contributed by atoms with Crippen LogP contribution in [0.3, 0.4) is 0 Å². The summed E-state index contributed by atoms with van der Waals surface area (Å²) in [6, 6.07) is 9.59. The lowest BCUT2D eigenvalue weighted by Gasteiger charge is -2.27. The molecule has 10 nitrogen and oxygen atoms in total. The first-order valence-electron chi connectivity index (χ1n) is 10.2. The van der Waals surface area contributed by atoms with E-state index >= 15 is 0 Å². The predicted octanol–water partition coefficient (Wildman–Crippen LogP) is 2.18. The van der Waals surface area contributed by atoms with Gasteiger partial charge in [0.15, 0.2) is 5.82 Å². The van der Waals surface area contributed by atoms with Gasteiger partial charge in [0, 0.05) is 36.6 Å². The van der Waals surface area contributed by atoms with Crippen molar-refractivity contribution < 1.29 is 14.3 Å². The van der Waals surface area contributed by atoms with Gasteiger partial charge in [-0.05, 0) is 6.92 Å². The lowest BCUT2D eigenvalue weighted by atomic mass is 10.1. The minimum Gasteiger partial charge on any atom is -0.465 e. The first-order valence-corrected chi connectivity index (χ1v) is 10.2. The number of hydrogen-bond acceptors (Lipinski definition) is 9. The van der Waals surface area contributed by atoms with Gasteiger partial charge in [-0.1, -0.05) is 30.3 Å². The van der Waals surface area contributed by atoms with E-state index < -0.39 is 5.97 Å². The van der Waals surface area contributed by atoms with E-state index in [2.05, 4.69) is 25.0 Å². The number of carbonyl (C=O) groups is 1. The van der Waals surface area contributed by atoms with Crippen LogP contribution in [0.1, 0.15) is 16.1 Å². The fourth-order valence-corrected chi connectivity index (χ4v) is 3.67. The lowest BCUT2D eigenvalue weighted by molar-refractivity contribution is 0.0600. The van der Waals surface area contributed by atoms with Crippen molar-refractivity contribution in [2.45, 2.75) is 6.92 Å². The number of aromatic nitrogens is 6. The Morgan fingerprint density at radius 2 is 1.84 bits per heavy atom. The maximum Gasteiger partial charge on any atom is 0.341 e. The number of ether oxygens (including phenoxy) is 2. The zero-order valence-corrected chi connectivity index (χ0v) is 17.7. The summed E-state index contributed by atoms with van der Waals surface area (Å²) in [5.41, 5.74) is 2.95. The van der Waals surface area contributed by atoms with Gasteiger partial charge in [0.1, 0.15) is 5.56 Å². The van der Waals surface area contributed by atoms with E-state index in [0.29, 0.717) is 47.7 Å². The van der Waals surface area contributed by atoms with Crippen molar-refractivity contribution in [2.75, 3.05) is 38.3 Å². The lowest BCUT2D eigenvalue weighted by Crippen LogP contribution is -2.37. The molecule has 1 aromatic carbocycles. The van der Waals surface area contributed by atoms with Crippen molar-refractivity contribution in [3.05, 3.63) is 54.0 Å². The highest BCUT2D eigenvalue weighted by Gasteiger charge is 2.24. The minimum atomic E-state index is -0.525. The topological polar surface area (TPSA) is 108 Å². The van der Waals surface area contributed by atoms with E-state index in [-0.39, 0.29) is 5.56 Å². The van der Waals surface area contributed by atoms with Crippen LogP contribution in [0.2, 0.25) is 0 Å². The smallest absolute Gasteiger partial charge is 0.341 e. The summed E-state index contributed by atoms with van der Waals surface area (Å²) in [6.45, 7) is 4.62. The molecule has 1 aliphatic heterocycles. The van der Waals surface area contributed by atoms with Crippen molar-refractivity contribution >= 4 is 17.7 Å². The molecule has 0 N–H and O–H groups in total. The van der Waals surface area contributed by atoms with Crippen LogP contribution >= 0.6 is 0 Å². The van der Waals surface area contributed by atoms with Gasteiger partial charge in [0.2, 0.25) is 5.95 Å². The summed E-state index contributed by atoms with van der Waals surface area (Å²) >= 11 is 0. The van der Waals surface area contributed by atoms with E-state index in [1.165, 1.54) is 13.3 Å². The van der Waals surface area contributed by atoms with Crippen molar-refractivity contribution in [2.24, 2.45) is 0 Å². The largest absolute Gasteiger partial charge is 0.465 e. The molecule has 0 amide bonds. The Morgan fingerprint density at radius 1 is 1.06 bits per heavy atom. The average Bonchev–Trinajstić information content (AvgIpc) is 3.29. The predicted molar refractivity (Wildman–Crippen MR) is 116 cm³/mol. The molecule has 5 rings (SSSR count). The van der Waals surface area contributed by atoms with Crippen LogP contribution in [-0.2, 0) is 9.47 Å². The third kappa shape index (κ3) is 3.54. The average molecular weight is 431 g/mol. The van der Waals surface area contributed by atoms with Crippen LogP contribution in [0.4, 0.5) is 5.95 Å². The van der Waals surface area contributed by atoms with Gasteiger partial charge < -0.3 is 14.4 Å². The number of morpholine rings is 1. The number of carbonyl (C=O) groups excluding carboxylic acids is 1. The number of nitrogens with zero attached hydrogens (tertiary/aromatic N) is 7. The SMILES string of the molecule is COC(=O)c1cnc2nc(-c3ccccc3)nn2c1-c1cnc(N2CCOCC2)nc1C. The van der Waals surface area contributed by atoms with Gasteiger partial charge in [-0.3, -0.25) is 0 Å². The second-order valence-corrected chi connectivity index (χ2v) is 7.29. The normalized spacial score (nSPS) is 14.0. The van der Waals surface area contributed by atoms with Gasteiger partial charge in [0.05, 0.1) is 31.7 Å². The van der Waals surface area contributed by atoms with Gasteiger partial charge in [-0.15, -0.1) is 5.10 Å². The Morgan fingerprint density at radius 3 is 2.56 bits per heavy atom. The molecule has 32 heavy (non-hydrogen) atoms. The molecule has 162 valence electrons. The number of methoxy groups -OCH3 is 1. The van der Waals surface area contributed by atoms with E-state index in [1.807, 2.05) is 37.3 Å². The molecule has 10 heteroatoms. The first-order chi connectivity index (χ1) is 15.7. The Hall–Kier alpha value is -3.92. The Labute approximate surface area is 183 Å². The summed E-state index contributed by atoms with van der Waals surface area (Å²) in [6.07, 6.45) is 3.16. The van der Waals surface area contributed by atoms with Gasteiger partial charge in [0.25, 0.3) is 5.78 Å². The number of hydrogen-bond donors (Lipinski definition) is 0. The van der Waals surface area contributed by atoms with Crippen LogP contribution in [-0.4, -0.2) is 68.9 Å². The summed E-state index contributed by atoms with van der Waals surface area (Å²) in [7, 11) is 1.33. The molecule has 0 atom stereocenters. The summed E-state index contributed by atoms with van der Waals surface area (Å²) in [4.78, 5) is 32.8. The Balaban J connectivity index is 1.67. The molecule has 0 spiro atoms. The third-order valence-electron chi connectivity index (χ3n) is 5.32. The molecule has 1 aliphatic rings. The molecular weight excluding hydrogens is 410 g/mol. The molecule has 0 bridgehead atoms. The fourth-order valence-electron chi connectivity index (χ4n) is 3.67. The standard InChI is InChI=1S/C22H21N7O3/c1-14-16(12-23-21(25-14)28-8-10-32-11-9-28)18-17(20(30)31-2)13-24-22-26-19(27-29(18)22)15-6-4-3-5-7-15/h3-7,12-13H,8-11H2,1-2H3. The van der Waals surface area contributed by atoms with Gasteiger partial charge in [-0.2, -0.15) is 9.50 Å². The molecule has 0 unspecified atom stereocenters. The van der Waals surface area contributed by atoms with Crippen molar-refractivity contribution in [1.82, 2.24) is 29.5 Å². The fraction of sp³-hybridized carbons (Fsp3) is 0.273. The van der Waals surface area contributed by atoms with E-state index in [1.54, 1.807) is 10.7 Å². The zero-order valence-electron chi connectivity index (χ0n) is 17.7. The number of benzene rings is 1. The van der Waals surface area contributed by atoms with Crippen molar-refractivity contribution in [1.29, 1.82) is 0 Å². The van der Waals surface area contributed by atoms with Crippen LogP contribution in [0.15, 0.2) is 42.7 Å². The molecule has 0 saturated carbocycles. The third-order valence-corrected chi connectivity index (χ3v) is 5.32. The number of anilines is 1. The number of esters is 1. The van der Waals surface area contributed by atoms with Crippen LogP contribution in [0.5, 0.6) is 0 Å². The molecule has 1 fully saturated rings. The molecule has 1 saturated heterocycles. The van der Waals surface area contributed by atoms with Crippen LogP contribution < -0.4 is 4.90 Å². The highest BCUT2D eigenvalue weighted by atomic mass is 16.5. The van der Waals surface area contributed by atoms with Crippen LogP contribution in [0, 0.1) is 6.92 Å². The second kappa shape index (κ2) is 8.31. The van der Waals surface area contributed by atoms with Gasteiger partial charge in [-0.25, -0.2) is 19.7 Å². The van der Waals surface area contributed by atoms with Crippen molar-refractivity contribution in [3.8, 4) is 22.6 Å². The monoisotopic (exact) mass is 431 g/mol. The number of rotatable bonds is 4.